The van der Waals surface area contributed by atoms with Crippen molar-refractivity contribution in [2.24, 2.45) is 5.84 Å². The number of hydrogen-bond donors (Lipinski definition) is 3. The summed E-state index contributed by atoms with van der Waals surface area (Å²) >= 11 is 0. The highest BCUT2D eigenvalue weighted by Gasteiger charge is 2.14. The van der Waals surface area contributed by atoms with Crippen LogP contribution >= 0.6 is 0 Å². The van der Waals surface area contributed by atoms with Gasteiger partial charge in [0.05, 0.1) is 0 Å². The van der Waals surface area contributed by atoms with Crippen molar-refractivity contribution in [1.82, 2.24) is 9.71 Å². The molecule has 1 heterocycles. The average Bonchev–Trinajstić information content (AvgIpc) is 2.48. The summed E-state index contributed by atoms with van der Waals surface area (Å²) in [5, 5.41) is 0. The number of nitrogen functional groups attached to an aromatic ring is 1. The summed E-state index contributed by atoms with van der Waals surface area (Å²) in [5.41, 5.74) is 2.57. The second-order valence-corrected chi connectivity index (χ2v) is 5.86. The normalized spacial score (nSPS) is 11.4. The number of hydrazine groups is 1. The van der Waals surface area contributed by atoms with Gasteiger partial charge in [0, 0.05) is 12.7 Å². The van der Waals surface area contributed by atoms with Crippen LogP contribution in [0.1, 0.15) is 5.56 Å². The monoisotopic (exact) mass is 314 g/mol. The number of nitrogens with one attached hydrogen (secondary N) is 2. The number of benzene rings is 1. The van der Waals surface area contributed by atoms with Crippen molar-refractivity contribution < 1.29 is 17.2 Å². The summed E-state index contributed by atoms with van der Waals surface area (Å²) in [6.07, 6.45) is 1.13. The van der Waals surface area contributed by atoms with Gasteiger partial charge in [-0.2, -0.15) is 0 Å². The Bertz CT molecular complexity index is 735. The molecule has 6 nitrogen and oxygen atoms in total. The van der Waals surface area contributed by atoms with E-state index in [1.807, 2.05) is 0 Å². The van der Waals surface area contributed by atoms with E-state index in [2.05, 4.69) is 15.1 Å². The van der Waals surface area contributed by atoms with Crippen molar-refractivity contribution >= 4 is 15.8 Å². The fourth-order valence-corrected chi connectivity index (χ4v) is 2.50. The topological polar surface area (TPSA) is 97.1 Å². The van der Waals surface area contributed by atoms with Crippen molar-refractivity contribution in [2.45, 2.75) is 11.4 Å². The zero-order valence-electron chi connectivity index (χ0n) is 10.7. The molecule has 0 fully saturated rings. The Balaban J connectivity index is 2.11. The molecule has 0 aliphatic rings. The van der Waals surface area contributed by atoms with Crippen LogP contribution in [0.5, 0.6) is 0 Å². The van der Waals surface area contributed by atoms with Crippen molar-refractivity contribution in [3.05, 3.63) is 53.7 Å². The van der Waals surface area contributed by atoms with Crippen molar-refractivity contribution in [3.63, 3.8) is 0 Å². The highest BCUT2D eigenvalue weighted by atomic mass is 32.2. The first kappa shape index (κ1) is 15.3. The molecule has 0 saturated heterocycles. The zero-order chi connectivity index (χ0) is 15.5. The molecule has 21 heavy (non-hydrogen) atoms. The molecule has 112 valence electrons. The molecule has 9 heteroatoms. The minimum Gasteiger partial charge on any atom is -0.308 e. The van der Waals surface area contributed by atoms with Crippen LogP contribution in [0.3, 0.4) is 0 Å². The number of aromatic nitrogens is 1. The molecule has 2 aromatic rings. The van der Waals surface area contributed by atoms with E-state index in [0.717, 1.165) is 18.3 Å². The lowest BCUT2D eigenvalue weighted by Crippen LogP contribution is -2.23. The Morgan fingerprint density at radius 3 is 2.48 bits per heavy atom. The van der Waals surface area contributed by atoms with Gasteiger partial charge in [0.15, 0.2) is 11.6 Å². The number of pyridine rings is 1. The average molecular weight is 314 g/mol. The maximum atomic E-state index is 13.0. The second kappa shape index (κ2) is 6.12. The van der Waals surface area contributed by atoms with Crippen LogP contribution in [0.25, 0.3) is 0 Å². The number of hydrogen-bond acceptors (Lipinski definition) is 5. The molecule has 0 amide bonds. The van der Waals surface area contributed by atoms with E-state index in [0.29, 0.717) is 11.4 Å². The van der Waals surface area contributed by atoms with Gasteiger partial charge in [-0.05, 0) is 29.8 Å². The molecule has 0 radical (unpaired) electrons. The SMILES string of the molecule is NNc1ccc(S(=O)(=O)NCc2ccc(F)c(F)c2)cn1. The largest absolute Gasteiger partial charge is 0.308 e. The van der Waals surface area contributed by atoms with Crippen LogP contribution in [0, 0.1) is 11.6 Å². The predicted molar refractivity (Wildman–Crippen MR) is 72.4 cm³/mol. The van der Waals surface area contributed by atoms with Crippen LogP contribution in [0.4, 0.5) is 14.6 Å². The second-order valence-electron chi connectivity index (χ2n) is 4.10. The number of rotatable bonds is 5. The molecule has 0 spiro atoms. The van der Waals surface area contributed by atoms with Gasteiger partial charge < -0.3 is 5.43 Å². The van der Waals surface area contributed by atoms with E-state index >= 15 is 0 Å². The minimum atomic E-state index is -3.80. The van der Waals surface area contributed by atoms with Crippen LogP contribution in [0.15, 0.2) is 41.4 Å². The molecule has 0 aliphatic heterocycles. The molecule has 0 bridgehead atoms. The van der Waals surface area contributed by atoms with Crippen molar-refractivity contribution in [1.29, 1.82) is 0 Å². The maximum Gasteiger partial charge on any atom is 0.242 e. The number of nitrogens with zero attached hydrogens (tertiary/aromatic N) is 1. The van der Waals surface area contributed by atoms with Gasteiger partial charge in [-0.25, -0.2) is 32.7 Å². The van der Waals surface area contributed by atoms with E-state index in [1.165, 1.54) is 18.2 Å². The summed E-state index contributed by atoms with van der Waals surface area (Å²) in [5.74, 6) is 3.42. The van der Waals surface area contributed by atoms with Gasteiger partial charge in [0.2, 0.25) is 10.0 Å². The third-order valence-corrected chi connectivity index (χ3v) is 4.03. The molecule has 1 aromatic heterocycles. The lowest BCUT2D eigenvalue weighted by atomic mass is 10.2. The fraction of sp³-hybridized carbons (Fsp3) is 0.0833. The smallest absolute Gasteiger partial charge is 0.242 e. The highest BCUT2D eigenvalue weighted by molar-refractivity contribution is 7.89. The Morgan fingerprint density at radius 2 is 1.90 bits per heavy atom. The van der Waals surface area contributed by atoms with Crippen molar-refractivity contribution in [2.75, 3.05) is 5.43 Å². The number of nitrogens with two attached hydrogens (primary N) is 1. The van der Waals surface area contributed by atoms with E-state index in [4.69, 9.17) is 5.84 Å². The van der Waals surface area contributed by atoms with E-state index in [9.17, 15) is 17.2 Å². The van der Waals surface area contributed by atoms with Gasteiger partial charge in [-0.1, -0.05) is 6.07 Å². The molecule has 0 aliphatic carbocycles. The van der Waals surface area contributed by atoms with Gasteiger partial charge in [-0.15, -0.1) is 0 Å². The van der Waals surface area contributed by atoms with Crippen LogP contribution in [0.2, 0.25) is 0 Å². The molecule has 4 N–H and O–H groups in total. The zero-order valence-corrected chi connectivity index (χ0v) is 11.5. The first-order chi connectivity index (χ1) is 9.92. The Morgan fingerprint density at radius 1 is 1.14 bits per heavy atom. The first-order valence-corrected chi connectivity index (χ1v) is 7.27. The predicted octanol–water partition coefficient (Wildman–Crippen LogP) is 1.12. The van der Waals surface area contributed by atoms with Crippen LogP contribution < -0.4 is 16.0 Å². The number of halogens is 2. The molecule has 1 aromatic carbocycles. The minimum absolute atomic E-state index is 0.0657. The van der Waals surface area contributed by atoms with Crippen LogP contribution in [-0.4, -0.2) is 13.4 Å². The molecular weight excluding hydrogens is 302 g/mol. The van der Waals surface area contributed by atoms with E-state index < -0.39 is 21.7 Å². The van der Waals surface area contributed by atoms with Gasteiger partial charge in [0.25, 0.3) is 0 Å². The summed E-state index contributed by atoms with van der Waals surface area (Å²) in [6.45, 7) is -0.170. The molecule has 2 rings (SSSR count). The quantitative estimate of drug-likeness (QED) is 0.568. The van der Waals surface area contributed by atoms with Gasteiger partial charge >= 0.3 is 0 Å². The van der Waals surface area contributed by atoms with E-state index in [-0.39, 0.29) is 11.4 Å². The lowest BCUT2D eigenvalue weighted by molar-refractivity contribution is 0.506. The molecule has 0 unspecified atom stereocenters. The lowest BCUT2D eigenvalue weighted by Gasteiger charge is -2.07. The third-order valence-electron chi connectivity index (χ3n) is 2.64. The van der Waals surface area contributed by atoms with Gasteiger partial charge in [0.1, 0.15) is 10.7 Å². The summed E-state index contributed by atoms with van der Waals surface area (Å²) < 4.78 is 52.0. The fourth-order valence-electron chi connectivity index (χ4n) is 1.54. The first-order valence-electron chi connectivity index (χ1n) is 5.78. The highest BCUT2D eigenvalue weighted by Crippen LogP contribution is 2.12. The molecule has 0 saturated carbocycles. The summed E-state index contributed by atoms with van der Waals surface area (Å²) in [4.78, 5) is 3.71. The number of sulfonamides is 1. The standard InChI is InChI=1S/C12H12F2N4O2S/c13-10-3-1-8(5-11(10)14)6-17-21(19,20)9-2-4-12(18-15)16-7-9/h1-5,7,17H,6,15H2,(H,16,18). The third kappa shape index (κ3) is 3.72. The summed E-state index contributed by atoms with van der Waals surface area (Å²) in [7, 11) is -3.80. The molecular formula is C12H12F2N4O2S. The molecule has 0 atom stereocenters. The van der Waals surface area contributed by atoms with Crippen molar-refractivity contribution in [3.8, 4) is 0 Å². The van der Waals surface area contributed by atoms with Crippen LogP contribution in [-0.2, 0) is 16.6 Å². The van der Waals surface area contributed by atoms with E-state index in [1.54, 1.807) is 0 Å². The Hall–Kier alpha value is -2.10. The van der Waals surface area contributed by atoms with Gasteiger partial charge in [-0.3, -0.25) is 0 Å². The Kier molecular flexibility index (Phi) is 4.46. The number of anilines is 1. The maximum absolute atomic E-state index is 13.0. The Labute approximate surface area is 120 Å². The summed E-state index contributed by atoms with van der Waals surface area (Å²) in [6, 6.07) is 5.86.